The second kappa shape index (κ2) is 7.18. The number of carbonyl (C=O) groups excluding carboxylic acids is 2. The van der Waals surface area contributed by atoms with Gasteiger partial charge in [-0.05, 0) is 25.1 Å². The van der Waals surface area contributed by atoms with E-state index in [0.29, 0.717) is 4.88 Å². The topological polar surface area (TPSA) is 92.6 Å². The predicted octanol–water partition coefficient (Wildman–Crippen LogP) is 2.81. The first kappa shape index (κ1) is 17.5. The highest BCUT2D eigenvalue weighted by molar-refractivity contribution is 7.14. The van der Waals surface area contributed by atoms with E-state index in [1.165, 1.54) is 31.3 Å². The number of rotatable bonds is 5. The maximum atomic E-state index is 13.1. The van der Waals surface area contributed by atoms with Crippen molar-refractivity contribution in [2.75, 3.05) is 18.9 Å². The first-order chi connectivity index (χ1) is 11.3. The Bertz CT molecular complexity index is 806. The van der Waals surface area contributed by atoms with Crippen molar-refractivity contribution in [1.29, 1.82) is 0 Å². The number of amides is 2. The SMILES string of the molecule is Cc1sc(C(=O)N(C)CC(=O)Nc2cccc(F)c2)cc1[N+](=O)[O-]. The molecule has 0 aliphatic heterocycles. The van der Waals surface area contributed by atoms with E-state index in [-0.39, 0.29) is 22.8 Å². The molecule has 0 spiro atoms. The standard InChI is InChI=1S/C15H14FN3O4S/c1-9-12(19(22)23)7-13(24-9)15(21)18(2)8-14(20)17-11-5-3-4-10(16)6-11/h3-7H,8H2,1-2H3,(H,17,20). The molecule has 0 fully saturated rings. The van der Waals surface area contributed by atoms with E-state index in [0.717, 1.165) is 22.3 Å². The Morgan fingerprint density at radius 2 is 2.08 bits per heavy atom. The van der Waals surface area contributed by atoms with Crippen molar-refractivity contribution in [2.24, 2.45) is 0 Å². The minimum atomic E-state index is -0.556. The van der Waals surface area contributed by atoms with Gasteiger partial charge in [0.15, 0.2) is 0 Å². The van der Waals surface area contributed by atoms with Gasteiger partial charge in [-0.3, -0.25) is 19.7 Å². The fraction of sp³-hybridized carbons (Fsp3) is 0.200. The number of aryl methyl sites for hydroxylation is 1. The molecule has 2 amide bonds. The first-order valence-electron chi connectivity index (χ1n) is 6.83. The molecule has 0 aliphatic rings. The van der Waals surface area contributed by atoms with Crippen LogP contribution in [0.25, 0.3) is 0 Å². The van der Waals surface area contributed by atoms with E-state index in [9.17, 15) is 24.1 Å². The maximum absolute atomic E-state index is 13.1. The van der Waals surface area contributed by atoms with Crippen LogP contribution in [0.2, 0.25) is 0 Å². The van der Waals surface area contributed by atoms with Gasteiger partial charge in [0, 0.05) is 18.8 Å². The van der Waals surface area contributed by atoms with Gasteiger partial charge in [-0.25, -0.2) is 4.39 Å². The summed E-state index contributed by atoms with van der Waals surface area (Å²) in [6, 6.07) is 6.58. The number of nitrogens with one attached hydrogen (secondary N) is 1. The summed E-state index contributed by atoms with van der Waals surface area (Å²) in [5.74, 6) is -1.48. The summed E-state index contributed by atoms with van der Waals surface area (Å²) < 4.78 is 13.1. The minimum Gasteiger partial charge on any atom is -0.332 e. The van der Waals surface area contributed by atoms with E-state index in [1.807, 2.05) is 0 Å². The van der Waals surface area contributed by atoms with E-state index < -0.39 is 22.6 Å². The number of anilines is 1. The summed E-state index contributed by atoms with van der Waals surface area (Å²) >= 11 is 0.998. The van der Waals surface area contributed by atoms with Crippen molar-refractivity contribution in [2.45, 2.75) is 6.92 Å². The number of thiophene rings is 1. The number of nitro groups is 1. The molecule has 126 valence electrons. The number of hydrogen-bond acceptors (Lipinski definition) is 5. The van der Waals surface area contributed by atoms with Crippen molar-refractivity contribution in [1.82, 2.24) is 4.90 Å². The van der Waals surface area contributed by atoms with Crippen molar-refractivity contribution < 1.29 is 18.9 Å². The zero-order chi connectivity index (χ0) is 17.9. The number of carbonyl (C=O) groups is 2. The van der Waals surface area contributed by atoms with Crippen LogP contribution in [0.5, 0.6) is 0 Å². The van der Waals surface area contributed by atoms with Crippen LogP contribution >= 0.6 is 11.3 Å². The molecule has 0 saturated carbocycles. The lowest BCUT2D eigenvalue weighted by Crippen LogP contribution is -2.34. The Labute approximate surface area is 140 Å². The average Bonchev–Trinajstić information content (AvgIpc) is 2.88. The number of halogens is 1. The zero-order valence-corrected chi connectivity index (χ0v) is 13.7. The average molecular weight is 351 g/mol. The number of benzene rings is 1. The summed E-state index contributed by atoms with van der Waals surface area (Å²) in [4.78, 5) is 36.2. The number of hydrogen-bond donors (Lipinski definition) is 1. The monoisotopic (exact) mass is 351 g/mol. The molecule has 2 rings (SSSR count). The fourth-order valence-electron chi connectivity index (χ4n) is 2.00. The lowest BCUT2D eigenvalue weighted by atomic mass is 10.3. The van der Waals surface area contributed by atoms with Crippen molar-refractivity contribution in [3.05, 3.63) is 56.0 Å². The molecule has 1 aromatic carbocycles. The smallest absolute Gasteiger partial charge is 0.283 e. The Morgan fingerprint density at radius 1 is 1.38 bits per heavy atom. The molecule has 0 aliphatic carbocycles. The van der Waals surface area contributed by atoms with Crippen LogP contribution < -0.4 is 5.32 Å². The number of likely N-dealkylation sites (N-methyl/N-ethyl adjacent to an activating group) is 1. The van der Waals surface area contributed by atoms with Crippen molar-refractivity contribution in [3.8, 4) is 0 Å². The Balaban J connectivity index is 2.02. The maximum Gasteiger partial charge on any atom is 0.283 e. The largest absolute Gasteiger partial charge is 0.332 e. The lowest BCUT2D eigenvalue weighted by molar-refractivity contribution is -0.385. The van der Waals surface area contributed by atoms with Gasteiger partial charge in [-0.15, -0.1) is 11.3 Å². The number of nitrogens with zero attached hydrogens (tertiary/aromatic N) is 2. The van der Waals surface area contributed by atoms with Gasteiger partial charge in [0.1, 0.15) is 5.82 Å². The van der Waals surface area contributed by atoms with Crippen LogP contribution in [0.3, 0.4) is 0 Å². The summed E-state index contributed by atoms with van der Waals surface area (Å²) in [5, 5.41) is 13.3. The molecular weight excluding hydrogens is 337 g/mol. The fourth-order valence-corrected chi connectivity index (χ4v) is 2.98. The lowest BCUT2D eigenvalue weighted by Gasteiger charge is -2.15. The Kier molecular flexibility index (Phi) is 5.24. The third kappa shape index (κ3) is 4.13. The highest BCUT2D eigenvalue weighted by Gasteiger charge is 2.22. The van der Waals surface area contributed by atoms with Crippen molar-refractivity contribution >= 4 is 34.5 Å². The van der Waals surface area contributed by atoms with Crippen LogP contribution in [-0.2, 0) is 4.79 Å². The minimum absolute atomic E-state index is 0.124. The van der Waals surface area contributed by atoms with Gasteiger partial charge in [0.05, 0.1) is 21.2 Å². The van der Waals surface area contributed by atoms with Gasteiger partial charge < -0.3 is 10.2 Å². The summed E-state index contributed by atoms with van der Waals surface area (Å²) in [5.41, 5.74) is 0.157. The van der Waals surface area contributed by atoms with Crippen LogP contribution in [0.1, 0.15) is 14.5 Å². The molecule has 0 atom stereocenters. The molecule has 7 nitrogen and oxygen atoms in total. The zero-order valence-electron chi connectivity index (χ0n) is 12.9. The highest BCUT2D eigenvalue weighted by atomic mass is 32.1. The third-order valence-electron chi connectivity index (χ3n) is 3.13. The van der Waals surface area contributed by atoms with Crippen LogP contribution in [0, 0.1) is 22.9 Å². The van der Waals surface area contributed by atoms with E-state index in [2.05, 4.69) is 5.32 Å². The summed E-state index contributed by atoms with van der Waals surface area (Å²) in [6.07, 6.45) is 0. The molecule has 0 bridgehead atoms. The van der Waals surface area contributed by atoms with Crippen LogP contribution in [0.4, 0.5) is 15.8 Å². The normalized spacial score (nSPS) is 10.3. The molecule has 0 saturated heterocycles. The summed E-state index contributed by atoms with van der Waals surface area (Å²) in [6.45, 7) is 1.29. The van der Waals surface area contributed by atoms with Gasteiger partial charge in [0.2, 0.25) is 5.91 Å². The summed E-state index contributed by atoms with van der Waals surface area (Å²) in [7, 11) is 1.41. The van der Waals surface area contributed by atoms with Gasteiger partial charge in [-0.1, -0.05) is 6.07 Å². The van der Waals surface area contributed by atoms with E-state index in [1.54, 1.807) is 6.92 Å². The molecule has 2 aromatic rings. The molecule has 9 heteroatoms. The molecule has 0 radical (unpaired) electrons. The molecule has 1 heterocycles. The van der Waals surface area contributed by atoms with Crippen molar-refractivity contribution in [3.63, 3.8) is 0 Å². The van der Waals surface area contributed by atoms with Crippen LogP contribution in [-0.4, -0.2) is 35.2 Å². The van der Waals surface area contributed by atoms with E-state index >= 15 is 0 Å². The van der Waals surface area contributed by atoms with Crippen LogP contribution in [0.15, 0.2) is 30.3 Å². The molecule has 1 N–H and O–H groups in total. The molecule has 24 heavy (non-hydrogen) atoms. The molecule has 1 aromatic heterocycles. The van der Waals surface area contributed by atoms with Gasteiger partial charge in [0.25, 0.3) is 11.6 Å². The Morgan fingerprint density at radius 3 is 2.67 bits per heavy atom. The highest BCUT2D eigenvalue weighted by Crippen LogP contribution is 2.28. The Hall–Kier alpha value is -2.81. The third-order valence-corrected chi connectivity index (χ3v) is 4.16. The predicted molar refractivity (Wildman–Crippen MR) is 87.7 cm³/mol. The van der Waals surface area contributed by atoms with E-state index in [4.69, 9.17) is 0 Å². The molecule has 0 unspecified atom stereocenters. The quantitative estimate of drug-likeness (QED) is 0.662. The second-order valence-electron chi connectivity index (χ2n) is 5.03. The second-order valence-corrected chi connectivity index (χ2v) is 6.29. The first-order valence-corrected chi connectivity index (χ1v) is 7.65. The van der Waals surface area contributed by atoms with Gasteiger partial charge in [-0.2, -0.15) is 0 Å². The molecular formula is C15H14FN3O4S. The van der Waals surface area contributed by atoms with Gasteiger partial charge >= 0.3 is 0 Å².